The molecule has 0 spiro atoms. The molecule has 2 saturated carbocycles. The van der Waals surface area contributed by atoms with Crippen LogP contribution >= 0.6 is 0 Å². The quantitative estimate of drug-likeness (QED) is 0.154. The van der Waals surface area contributed by atoms with Crippen molar-refractivity contribution in [2.24, 2.45) is 0 Å². The third kappa shape index (κ3) is 14.9. The van der Waals surface area contributed by atoms with E-state index in [-0.39, 0.29) is 24.8 Å². The summed E-state index contributed by atoms with van der Waals surface area (Å²) in [5.74, 6) is 0. The van der Waals surface area contributed by atoms with Crippen LogP contribution in [0.4, 0.5) is 0 Å². The maximum Gasteiger partial charge on any atom is -0.0181 e. The van der Waals surface area contributed by atoms with E-state index in [1.165, 1.54) is 115 Å². The van der Waals surface area contributed by atoms with Crippen LogP contribution in [0.3, 0.4) is 0 Å². The first-order valence-electron chi connectivity index (χ1n) is 23.7. The smallest absolute Gasteiger partial charge is 0.0181 e. The van der Waals surface area contributed by atoms with E-state index in [4.69, 9.17) is 0 Å². The topological polar surface area (TPSA) is 0 Å². The summed E-state index contributed by atoms with van der Waals surface area (Å²) in [6.07, 6.45) is 27.7. The van der Waals surface area contributed by atoms with Crippen molar-refractivity contribution >= 4 is 6.41 Å². The van der Waals surface area contributed by atoms with Gasteiger partial charge in [0.2, 0.25) is 0 Å². The Kier molecular flexibility index (Phi) is 20.2. The van der Waals surface area contributed by atoms with E-state index in [1.54, 1.807) is 54.9 Å². The molecule has 6 aliphatic rings. The molecule has 8 aromatic carbocycles. The molecule has 4 heteroatoms. The van der Waals surface area contributed by atoms with Gasteiger partial charge in [-0.2, -0.15) is 12.2 Å². The predicted octanol–water partition coefficient (Wildman–Crippen LogP) is 10.4. The first-order chi connectivity index (χ1) is 33.6. The van der Waals surface area contributed by atoms with Crippen molar-refractivity contribution in [2.75, 3.05) is 0 Å². The molecule has 0 bridgehead atoms. The van der Waals surface area contributed by atoms with Crippen LogP contribution in [0.15, 0.2) is 218 Å². The molecule has 0 unspecified atom stereocenters. The van der Waals surface area contributed by atoms with E-state index in [9.17, 15) is 0 Å². The van der Waals surface area contributed by atoms with Gasteiger partial charge in [0, 0.05) is 0 Å². The molecule has 0 saturated heterocycles. The average molecular weight is 1100 g/mol. The molecule has 6 aliphatic carbocycles. The van der Waals surface area contributed by atoms with Gasteiger partial charge in [-0.05, 0) is 46.2 Å². The molecule has 14 rings (SSSR count). The maximum absolute atomic E-state index is 3.65. The first-order valence-corrected chi connectivity index (χ1v) is 26.2. The molecule has 0 aliphatic heterocycles. The summed E-state index contributed by atoms with van der Waals surface area (Å²) in [6, 6.07) is 72.0. The van der Waals surface area contributed by atoms with Crippen molar-refractivity contribution in [3.05, 3.63) is 265 Å². The summed E-state index contributed by atoms with van der Waals surface area (Å²) < 4.78 is 3.51. The van der Waals surface area contributed by atoms with Crippen LogP contribution in [0.5, 0.6) is 0 Å². The Hall–Kier alpha value is -5.19. The number of fused-ring (bicyclic) bond motifs is 6. The van der Waals surface area contributed by atoms with Gasteiger partial charge in [-0.3, -0.25) is 12.2 Å². The van der Waals surface area contributed by atoms with Crippen molar-refractivity contribution in [1.29, 1.82) is 0 Å². The van der Waals surface area contributed by atoms with E-state index >= 15 is 0 Å². The Balaban J connectivity index is 0.000000149. The zero-order valence-corrected chi connectivity index (χ0v) is 45.6. The Morgan fingerprint density at radius 2 is 0.671 bits per heavy atom. The number of allylic oxidation sites excluding steroid dienone is 8. The molecule has 2 fully saturated rings. The van der Waals surface area contributed by atoms with Crippen LogP contribution in [0, 0.1) is 24.3 Å². The third-order valence-corrected chi connectivity index (χ3v) is 14.6. The molecule has 0 amide bonds. The van der Waals surface area contributed by atoms with Crippen molar-refractivity contribution < 1.29 is 73.3 Å². The fourth-order valence-corrected chi connectivity index (χ4v) is 8.86. The van der Waals surface area contributed by atoms with E-state index in [0.29, 0.717) is 0 Å². The van der Waals surface area contributed by atoms with Gasteiger partial charge in [-0.25, -0.2) is 24.3 Å². The van der Waals surface area contributed by atoms with Gasteiger partial charge in [0.05, 0.1) is 0 Å². The fraction of sp³-hybridized carbons (Fsp3) is 0.121. The van der Waals surface area contributed by atoms with E-state index in [1.807, 2.05) is 24.3 Å². The van der Waals surface area contributed by atoms with E-state index in [0.717, 1.165) is 25.7 Å². The second-order valence-corrected chi connectivity index (χ2v) is 20.8. The summed E-state index contributed by atoms with van der Waals surface area (Å²) in [6.45, 7) is 0. The predicted molar refractivity (Wildman–Crippen MR) is 280 cm³/mol. The number of hydrogen-bond acceptors (Lipinski definition) is 0. The molecule has 8 aromatic rings. The summed E-state index contributed by atoms with van der Waals surface area (Å²) in [5, 5.41) is 0. The number of halogens is 2. The molecular formula is C66H52Cl2Zr2-2. The number of benzene rings is 8. The standard InChI is InChI=1S/2C25H17.2C5H5.2C3H4.2ClH.2Zr/c2*1-3-7-18(8-4-1)20-11-13-24-22(15-20)17-23-16-21(12-14-25(23)24)19-9-5-2-6-10-19;2*1-2-4-5-3-1;2*1-2-3-1;;;;/h2*1-15H,17H2;2*1-3H,4H2;2*1-2H2;2*1H;;/q4*-1;;;;;2*+2/p-2. The van der Waals surface area contributed by atoms with Gasteiger partial charge in [-0.15, -0.1) is 71.5 Å². The van der Waals surface area contributed by atoms with Gasteiger partial charge in [0.25, 0.3) is 0 Å². The fourth-order valence-electron chi connectivity index (χ4n) is 8.25. The van der Waals surface area contributed by atoms with Crippen LogP contribution in [-0.4, -0.2) is 6.41 Å². The summed E-state index contributed by atoms with van der Waals surface area (Å²) in [4.78, 5) is 0. The number of hydrogen-bond donors (Lipinski definition) is 0. The minimum atomic E-state index is 0. The molecule has 0 atom stereocenters. The van der Waals surface area contributed by atoms with Crippen LogP contribution in [0.1, 0.15) is 60.8 Å². The number of rotatable bonds is 4. The van der Waals surface area contributed by atoms with E-state index in [2.05, 4.69) is 218 Å². The van der Waals surface area contributed by atoms with Crippen LogP contribution in [0.2, 0.25) is 0 Å². The molecule has 0 N–H and O–H groups in total. The Bertz CT molecular complexity index is 2710. The molecule has 0 radical (unpaired) electrons. The van der Waals surface area contributed by atoms with Gasteiger partial charge in [0.1, 0.15) is 0 Å². The van der Waals surface area contributed by atoms with Gasteiger partial charge < -0.3 is 24.8 Å². The SMILES string of the molecule is [C-]1=CC=CC1.[C-]1=CC=CC1.[Cl-].[Cl-].[Zr+2]=[C]1CC1.[Zr+2]=[C]1CC1.[c-]1c(-c2ccccc2)ccc2c1Cc1cc(-c3ccccc3)ccc1-2.[c-]1c(-c2ccccc2)ccc2c1Cc1cc(-c3ccccc3)ccc1-2. The minimum Gasteiger partial charge on any atom is -0.143 e. The average Bonchev–Trinajstić information content (AvgIpc) is 3.97. The minimum absolute atomic E-state index is 0. The van der Waals surface area contributed by atoms with E-state index < -0.39 is 0 Å². The Morgan fingerprint density at radius 3 is 0.957 bits per heavy atom. The molecule has 0 aromatic heterocycles. The monoisotopic (exact) mass is 1090 g/mol. The molecular weight excluding hydrogens is 1050 g/mol. The largest absolute Gasteiger partial charge is 0.143 e. The van der Waals surface area contributed by atoms with Crippen LogP contribution in [-0.2, 0) is 61.3 Å². The van der Waals surface area contributed by atoms with Crippen LogP contribution in [0.25, 0.3) is 66.8 Å². The van der Waals surface area contributed by atoms with Crippen molar-refractivity contribution in [3.8, 4) is 66.8 Å². The summed E-state index contributed by atoms with van der Waals surface area (Å²) in [5.41, 5.74) is 20.7. The van der Waals surface area contributed by atoms with Gasteiger partial charge >= 0.3 is 80.6 Å². The third-order valence-electron chi connectivity index (χ3n) is 12.1. The molecule has 340 valence electrons. The molecule has 0 nitrogen and oxygen atoms in total. The van der Waals surface area contributed by atoms with Crippen molar-refractivity contribution in [3.63, 3.8) is 0 Å². The maximum atomic E-state index is 3.65. The van der Waals surface area contributed by atoms with Crippen molar-refractivity contribution in [1.82, 2.24) is 0 Å². The zero-order valence-electron chi connectivity index (χ0n) is 39.2. The first kappa shape index (κ1) is 52.6. The molecule has 70 heavy (non-hydrogen) atoms. The van der Waals surface area contributed by atoms with Crippen LogP contribution < -0.4 is 24.8 Å². The van der Waals surface area contributed by atoms with Gasteiger partial charge in [0.15, 0.2) is 0 Å². The molecule has 0 heterocycles. The zero-order chi connectivity index (χ0) is 46.3. The second kappa shape index (κ2) is 26.9. The van der Waals surface area contributed by atoms with Gasteiger partial charge in [-0.1, -0.05) is 191 Å². The summed E-state index contributed by atoms with van der Waals surface area (Å²) >= 11 is 3.33. The normalized spacial score (nSPS) is 13.5. The summed E-state index contributed by atoms with van der Waals surface area (Å²) in [7, 11) is 0. The van der Waals surface area contributed by atoms with Crippen molar-refractivity contribution in [2.45, 2.75) is 51.4 Å². The Labute approximate surface area is 458 Å². The Morgan fingerprint density at radius 1 is 0.343 bits per heavy atom. The second-order valence-electron chi connectivity index (χ2n) is 17.3.